The van der Waals surface area contributed by atoms with E-state index in [1.807, 2.05) is 0 Å². The number of aliphatic hydroxyl groups is 1. The third kappa shape index (κ3) is 3.32. The maximum Gasteiger partial charge on any atom is 0.108 e. The van der Waals surface area contributed by atoms with E-state index in [1.165, 1.54) is 19.3 Å². The van der Waals surface area contributed by atoms with Crippen molar-refractivity contribution in [2.45, 2.75) is 50.5 Å². The van der Waals surface area contributed by atoms with Gasteiger partial charge in [-0.2, -0.15) is 0 Å². The minimum absolute atomic E-state index is 0.0205. The lowest BCUT2D eigenvalue weighted by Crippen LogP contribution is -2.35. The molecule has 1 rings (SSSR count). The SMILES string of the molecule is C#CCOC1(CCCO)CCCCC1. The zero-order valence-electron chi connectivity index (χ0n) is 8.80. The second-order valence-corrected chi connectivity index (χ2v) is 4.06. The molecule has 0 aromatic carbocycles. The first-order chi connectivity index (χ1) is 6.83. The normalized spacial score (nSPS) is 20.3. The van der Waals surface area contributed by atoms with Crippen LogP contribution in [0.2, 0.25) is 0 Å². The van der Waals surface area contributed by atoms with E-state index in [0.29, 0.717) is 6.61 Å². The Morgan fingerprint density at radius 1 is 1.29 bits per heavy atom. The molecule has 0 atom stereocenters. The minimum atomic E-state index is -0.0205. The molecule has 1 fully saturated rings. The highest BCUT2D eigenvalue weighted by molar-refractivity contribution is 4.89. The van der Waals surface area contributed by atoms with Crippen molar-refractivity contribution in [2.24, 2.45) is 0 Å². The summed E-state index contributed by atoms with van der Waals surface area (Å²) in [5.74, 6) is 2.53. The third-order valence-corrected chi connectivity index (χ3v) is 3.02. The van der Waals surface area contributed by atoms with Gasteiger partial charge in [-0.3, -0.25) is 0 Å². The van der Waals surface area contributed by atoms with Crippen molar-refractivity contribution in [3.8, 4) is 12.3 Å². The van der Waals surface area contributed by atoms with E-state index in [0.717, 1.165) is 25.7 Å². The summed E-state index contributed by atoms with van der Waals surface area (Å²) in [7, 11) is 0. The fourth-order valence-corrected chi connectivity index (χ4v) is 2.26. The molecule has 1 saturated carbocycles. The predicted molar refractivity (Wildman–Crippen MR) is 56.9 cm³/mol. The second-order valence-electron chi connectivity index (χ2n) is 4.06. The highest BCUT2D eigenvalue weighted by Crippen LogP contribution is 2.35. The lowest BCUT2D eigenvalue weighted by atomic mass is 9.81. The van der Waals surface area contributed by atoms with Crippen LogP contribution in [0.5, 0.6) is 0 Å². The zero-order valence-corrected chi connectivity index (χ0v) is 8.80. The van der Waals surface area contributed by atoms with Crippen molar-refractivity contribution in [1.29, 1.82) is 0 Å². The van der Waals surface area contributed by atoms with Gasteiger partial charge in [-0.15, -0.1) is 6.42 Å². The molecule has 1 aliphatic rings. The van der Waals surface area contributed by atoms with Crippen LogP contribution in [0.15, 0.2) is 0 Å². The zero-order chi connectivity index (χ0) is 10.3. The van der Waals surface area contributed by atoms with Crippen LogP contribution >= 0.6 is 0 Å². The van der Waals surface area contributed by atoms with E-state index in [4.69, 9.17) is 16.3 Å². The molecule has 2 heteroatoms. The topological polar surface area (TPSA) is 29.5 Å². The molecule has 0 aliphatic heterocycles. The average molecular weight is 196 g/mol. The predicted octanol–water partition coefficient (Wildman–Crippen LogP) is 2.11. The summed E-state index contributed by atoms with van der Waals surface area (Å²) in [5, 5.41) is 8.84. The Bertz CT molecular complexity index is 187. The molecular formula is C12H20O2. The van der Waals surface area contributed by atoms with E-state index in [9.17, 15) is 0 Å². The minimum Gasteiger partial charge on any atom is -0.396 e. The van der Waals surface area contributed by atoms with E-state index < -0.39 is 0 Å². The molecule has 1 aliphatic carbocycles. The van der Waals surface area contributed by atoms with Crippen LogP contribution in [0.4, 0.5) is 0 Å². The molecule has 2 nitrogen and oxygen atoms in total. The first-order valence-electron chi connectivity index (χ1n) is 5.51. The largest absolute Gasteiger partial charge is 0.396 e. The lowest BCUT2D eigenvalue weighted by molar-refractivity contribution is -0.0642. The van der Waals surface area contributed by atoms with Gasteiger partial charge >= 0.3 is 0 Å². The van der Waals surface area contributed by atoms with Crippen LogP contribution < -0.4 is 0 Å². The van der Waals surface area contributed by atoms with Gasteiger partial charge in [-0.1, -0.05) is 25.2 Å². The molecule has 80 valence electrons. The standard InChI is InChI=1S/C12H20O2/c1-2-11-14-12(9-6-10-13)7-4-3-5-8-12/h1,13H,3-11H2. The van der Waals surface area contributed by atoms with Gasteiger partial charge in [-0.05, 0) is 25.7 Å². The number of hydrogen-bond donors (Lipinski definition) is 1. The first kappa shape index (κ1) is 11.6. The van der Waals surface area contributed by atoms with Crippen molar-refractivity contribution in [3.63, 3.8) is 0 Å². The highest BCUT2D eigenvalue weighted by atomic mass is 16.5. The quantitative estimate of drug-likeness (QED) is 0.682. The van der Waals surface area contributed by atoms with Gasteiger partial charge in [0.2, 0.25) is 0 Å². The van der Waals surface area contributed by atoms with Gasteiger partial charge < -0.3 is 9.84 Å². The second kappa shape index (κ2) is 6.06. The van der Waals surface area contributed by atoms with Crippen LogP contribution in [0.25, 0.3) is 0 Å². The maximum absolute atomic E-state index is 8.84. The smallest absolute Gasteiger partial charge is 0.108 e. The van der Waals surface area contributed by atoms with E-state index in [1.54, 1.807) is 0 Å². The van der Waals surface area contributed by atoms with Gasteiger partial charge in [0, 0.05) is 6.61 Å². The molecule has 0 spiro atoms. The summed E-state index contributed by atoms with van der Waals surface area (Å²) < 4.78 is 5.77. The molecule has 0 aromatic rings. The first-order valence-corrected chi connectivity index (χ1v) is 5.51. The third-order valence-electron chi connectivity index (χ3n) is 3.02. The van der Waals surface area contributed by atoms with Gasteiger partial charge in [0.1, 0.15) is 6.61 Å². The summed E-state index contributed by atoms with van der Waals surface area (Å²) in [6, 6.07) is 0. The summed E-state index contributed by atoms with van der Waals surface area (Å²) in [6.45, 7) is 0.659. The summed E-state index contributed by atoms with van der Waals surface area (Å²) >= 11 is 0. The van der Waals surface area contributed by atoms with Crippen LogP contribution in [-0.2, 0) is 4.74 Å². The van der Waals surface area contributed by atoms with Gasteiger partial charge in [0.15, 0.2) is 0 Å². The molecule has 0 radical (unpaired) electrons. The highest BCUT2D eigenvalue weighted by Gasteiger charge is 2.31. The average Bonchev–Trinajstić information content (AvgIpc) is 2.25. The molecule has 0 aromatic heterocycles. The molecular weight excluding hydrogens is 176 g/mol. The number of hydrogen-bond acceptors (Lipinski definition) is 2. The van der Waals surface area contributed by atoms with Crippen LogP contribution in [0.3, 0.4) is 0 Å². The van der Waals surface area contributed by atoms with E-state index in [2.05, 4.69) is 5.92 Å². The van der Waals surface area contributed by atoms with E-state index in [-0.39, 0.29) is 12.2 Å². The van der Waals surface area contributed by atoms with Gasteiger partial charge in [-0.25, -0.2) is 0 Å². The van der Waals surface area contributed by atoms with E-state index >= 15 is 0 Å². The van der Waals surface area contributed by atoms with Gasteiger partial charge in [0.25, 0.3) is 0 Å². The van der Waals surface area contributed by atoms with Crippen molar-refractivity contribution in [3.05, 3.63) is 0 Å². The lowest BCUT2D eigenvalue weighted by Gasteiger charge is -2.36. The van der Waals surface area contributed by atoms with Gasteiger partial charge in [0.05, 0.1) is 5.60 Å². The fourth-order valence-electron chi connectivity index (χ4n) is 2.26. The molecule has 14 heavy (non-hydrogen) atoms. The summed E-state index contributed by atoms with van der Waals surface area (Å²) in [4.78, 5) is 0. The Balaban J connectivity index is 2.44. The Kier molecular flexibility index (Phi) is 5.00. The number of ether oxygens (including phenoxy) is 1. The Morgan fingerprint density at radius 3 is 2.57 bits per heavy atom. The van der Waals surface area contributed by atoms with Crippen molar-refractivity contribution in [2.75, 3.05) is 13.2 Å². The number of rotatable bonds is 5. The van der Waals surface area contributed by atoms with Crippen molar-refractivity contribution >= 4 is 0 Å². The van der Waals surface area contributed by atoms with Crippen LogP contribution in [-0.4, -0.2) is 23.9 Å². The van der Waals surface area contributed by atoms with Crippen molar-refractivity contribution < 1.29 is 9.84 Å². The summed E-state index contributed by atoms with van der Waals surface area (Å²) in [5.41, 5.74) is -0.0205. The van der Waals surface area contributed by atoms with Crippen LogP contribution in [0, 0.1) is 12.3 Å². The number of terminal acetylenes is 1. The molecule has 0 amide bonds. The van der Waals surface area contributed by atoms with Crippen LogP contribution in [0.1, 0.15) is 44.9 Å². The fraction of sp³-hybridized carbons (Fsp3) is 0.833. The molecule has 0 heterocycles. The number of aliphatic hydroxyl groups excluding tert-OH is 1. The Labute approximate surface area is 86.7 Å². The Morgan fingerprint density at radius 2 is 2.00 bits per heavy atom. The molecule has 0 saturated heterocycles. The Hall–Kier alpha value is -0.520. The monoisotopic (exact) mass is 196 g/mol. The summed E-state index contributed by atoms with van der Waals surface area (Å²) in [6.07, 6.45) is 13.0. The van der Waals surface area contributed by atoms with Crippen molar-refractivity contribution in [1.82, 2.24) is 0 Å². The molecule has 0 unspecified atom stereocenters. The molecule has 1 N–H and O–H groups in total. The molecule has 0 bridgehead atoms. The maximum atomic E-state index is 8.84.